The molecule has 2 saturated carbocycles. The normalized spacial score (nSPS) is 25.8. The van der Waals surface area contributed by atoms with Crippen molar-refractivity contribution in [3.63, 3.8) is 0 Å². The Balaban J connectivity index is 1.45. The highest BCUT2D eigenvalue weighted by molar-refractivity contribution is 5.89. The van der Waals surface area contributed by atoms with Gasteiger partial charge in [-0.05, 0) is 52.5 Å². The van der Waals surface area contributed by atoms with Gasteiger partial charge in [-0.1, -0.05) is 18.9 Å². The number of nitrogens with zero attached hydrogens (tertiary/aromatic N) is 2. The monoisotopic (exact) mass is 499 g/mol. The van der Waals surface area contributed by atoms with Crippen molar-refractivity contribution in [2.75, 3.05) is 31.6 Å². The van der Waals surface area contributed by atoms with Gasteiger partial charge in [-0.2, -0.15) is 0 Å². The number of amides is 3. The number of piperazine rings is 1. The van der Waals surface area contributed by atoms with E-state index in [4.69, 9.17) is 16.2 Å². The topological polar surface area (TPSA) is 131 Å². The predicted molar refractivity (Wildman–Crippen MR) is 138 cm³/mol. The molecule has 0 aromatic heterocycles. The lowest BCUT2D eigenvalue weighted by Crippen LogP contribution is -2.57. The van der Waals surface area contributed by atoms with Gasteiger partial charge in [-0.3, -0.25) is 14.4 Å². The molecule has 5 N–H and O–H groups in total. The zero-order chi connectivity index (χ0) is 26.3. The first kappa shape index (κ1) is 26.3. The molecular weight excluding hydrogens is 458 g/mol. The van der Waals surface area contributed by atoms with Crippen LogP contribution in [0.4, 0.5) is 5.69 Å². The number of primary amides is 1. The lowest BCUT2D eigenvalue weighted by molar-refractivity contribution is -0.146. The van der Waals surface area contributed by atoms with E-state index in [0.29, 0.717) is 25.4 Å². The SMILES string of the molecule is COc1cc(N2CCN(C(=O)[C@@H]3CCCC[C@H]3C(=O)NC3(N)CC3)[C@H](C)C2)ccc1C(C)(C)C(N)=O. The first-order valence-corrected chi connectivity index (χ1v) is 13.1. The third kappa shape index (κ3) is 5.16. The number of benzene rings is 1. The zero-order valence-electron chi connectivity index (χ0n) is 22.0. The Morgan fingerprint density at radius 3 is 2.36 bits per heavy atom. The van der Waals surface area contributed by atoms with Crippen LogP contribution in [0.1, 0.15) is 64.9 Å². The lowest BCUT2D eigenvalue weighted by Gasteiger charge is -2.44. The third-order valence-corrected chi connectivity index (χ3v) is 8.33. The van der Waals surface area contributed by atoms with Gasteiger partial charge in [0.1, 0.15) is 5.75 Å². The van der Waals surface area contributed by atoms with Crippen LogP contribution >= 0.6 is 0 Å². The van der Waals surface area contributed by atoms with Gasteiger partial charge in [-0.15, -0.1) is 0 Å². The molecule has 3 amide bonds. The molecule has 1 aromatic carbocycles. The number of nitrogens with one attached hydrogen (secondary N) is 1. The quantitative estimate of drug-likeness (QED) is 0.491. The fourth-order valence-corrected chi connectivity index (χ4v) is 5.60. The van der Waals surface area contributed by atoms with E-state index in [1.54, 1.807) is 21.0 Å². The summed E-state index contributed by atoms with van der Waals surface area (Å²) in [5, 5.41) is 2.98. The predicted octanol–water partition coefficient (Wildman–Crippen LogP) is 1.87. The maximum atomic E-state index is 13.7. The molecule has 3 atom stereocenters. The van der Waals surface area contributed by atoms with Gasteiger partial charge in [0.15, 0.2) is 0 Å². The van der Waals surface area contributed by atoms with Crippen LogP contribution in [0.2, 0.25) is 0 Å². The van der Waals surface area contributed by atoms with Crippen molar-refractivity contribution in [3.05, 3.63) is 23.8 Å². The summed E-state index contributed by atoms with van der Waals surface area (Å²) in [4.78, 5) is 42.8. The molecule has 1 aliphatic heterocycles. The minimum absolute atomic E-state index is 0.00565. The first-order valence-electron chi connectivity index (χ1n) is 13.1. The fourth-order valence-electron chi connectivity index (χ4n) is 5.60. The Bertz CT molecular complexity index is 1020. The summed E-state index contributed by atoms with van der Waals surface area (Å²) < 4.78 is 5.61. The highest BCUT2D eigenvalue weighted by Gasteiger charge is 2.45. The minimum atomic E-state index is -0.853. The molecule has 2 aliphatic carbocycles. The fraction of sp³-hybridized carbons (Fsp3) is 0.667. The van der Waals surface area contributed by atoms with Crippen LogP contribution in [-0.2, 0) is 19.8 Å². The number of carbonyl (C=O) groups is 3. The van der Waals surface area contributed by atoms with E-state index in [0.717, 1.165) is 49.8 Å². The van der Waals surface area contributed by atoms with Gasteiger partial charge < -0.3 is 31.3 Å². The molecule has 1 saturated heterocycles. The van der Waals surface area contributed by atoms with Crippen molar-refractivity contribution in [3.8, 4) is 5.75 Å². The van der Waals surface area contributed by atoms with Crippen molar-refractivity contribution in [1.82, 2.24) is 10.2 Å². The van der Waals surface area contributed by atoms with Crippen LogP contribution in [0.3, 0.4) is 0 Å². The van der Waals surface area contributed by atoms with E-state index < -0.39 is 17.0 Å². The molecule has 0 bridgehead atoms. The lowest BCUT2D eigenvalue weighted by atomic mass is 9.77. The first-order chi connectivity index (χ1) is 17.0. The van der Waals surface area contributed by atoms with E-state index in [2.05, 4.69) is 17.1 Å². The van der Waals surface area contributed by atoms with Gasteiger partial charge in [-0.25, -0.2) is 0 Å². The van der Waals surface area contributed by atoms with Gasteiger partial charge >= 0.3 is 0 Å². The van der Waals surface area contributed by atoms with Gasteiger partial charge in [0.25, 0.3) is 0 Å². The van der Waals surface area contributed by atoms with Crippen LogP contribution in [0, 0.1) is 11.8 Å². The Kier molecular flexibility index (Phi) is 7.23. The molecule has 36 heavy (non-hydrogen) atoms. The van der Waals surface area contributed by atoms with Crippen molar-refractivity contribution in [2.24, 2.45) is 23.3 Å². The van der Waals surface area contributed by atoms with Crippen LogP contribution in [0.5, 0.6) is 5.75 Å². The summed E-state index contributed by atoms with van der Waals surface area (Å²) in [5.41, 5.74) is 12.0. The largest absolute Gasteiger partial charge is 0.496 e. The molecule has 198 valence electrons. The summed E-state index contributed by atoms with van der Waals surface area (Å²) in [7, 11) is 1.59. The number of anilines is 1. The number of rotatable bonds is 7. The molecule has 3 fully saturated rings. The number of hydrogen-bond donors (Lipinski definition) is 3. The Hall–Kier alpha value is -2.81. The minimum Gasteiger partial charge on any atom is -0.496 e. The molecule has 9 nitrogen and oxygen atoms in total. The number of methoxy groups -OCH3 is 1. The number of ether oxygens (including phenoxy) is 1. The number of carbonyl (C=O) groups excluding carboxylic acids is 3. The second kappa shape index (κ2) is 9.92. The second-order valence-electron chi connectivity index (χ2n) is 11.3. The summed E-state index contributed by atoms with van der Waals surface area (Å²) in [6.07, 6.45) is 5.02. The van der Waals surface area contributed by atoms with Crippen molar-refractivity contribution < 1.29 is 19.1 Å². The van der Waals surface area contributed by atoms with E-state index in [9.17, 15) is 14.4 Å². The van der Waals surface area contributed by atoms with Gasteiger partial charge in [0.2, 0.25) is 17.7 Å². The third-order valence-electron chi connectivity index (χ3n) is 8.33. The molecular formula is C27H41N5O4. The molecule has 1 heterocycles. The van der Waals surface area contributed by atoms with Crippen molar-refractivity contribution >= 4 is 23.4 Å². The molecule has 0 unspecified atom stereocenters. The Morgan fingerprint density at radius 1 is 1.11 bits per heavy atom. The van der Waals surface area contributed by atoms with Crippen molar-refractivity contribution in [1.29, 1.82) is 0 Å². The highest BCUT2D eigenvalue weighted by Crippen LogP contribution is 2.37. The zero-order valence-corrected chi connectivity index (χ0v) is 22.0. The van der Waals surface area contributed by atoms with E-state index in [1.807, 2.05) is 23.1 Å². The second-order valence-corrected chi connectivity index (χ2v) is 11.3. The van der Waals surface area contributed by atoms with Crippen LogP contribution in [0.15, 0.2) is 18.2 Å². The van der Waals surface area contributed by atoms with Crippen LogP contribution in [0.25, 0.3) is 0 Å². The van der Waals surface area contributed by atoms with E-state index in [-0.39, 0.29) is 29.7 Å². The summed E-state index contributed by atoms with van der Waals surface area (Å²) in [5.74, 6) is -0.367. The molecule has 0 spiro atoms. The maximum absolute atomic E-state index is 13.7. The standard InChI is InChI=1S/C27H41N5O4/c1-17-16-31(18-9-10-21(22(15-18)36-4)26(2,3)25(28)35)13-14-32(17)24(34)20-8-6-5-7-19(20)23(33)30-27(29)11-12-27/h9-10,15,17,19-20H,5-8,11-14,16,29H2,1-4H3,(H2,28,35)(H,30,33)/t17-,19-,20-/m1/s1. The molecule has 9 heteroatoms. The number of hydrogen-bond acceptors (Lipinski definition) is 6. The average Bonchev–Trinajstić information content (AvgIpc) is 3.59. The van der Waals surface area contributed by atoms with E-state index >= 15 is 0 Å². The van der Waals surface area contributed by atoms with Gasteiger partial charge in [0, 0.05) is 54.8 Å². The molecule has 3 aliphatic rings. The summed E-state index contributed by atoms with van der Waals surface area (Å²) in [6.45, 7) is 7.56. The average molecular weight is 500 g/mol. The van der Waals surface area contributed by atoms with Gasteiger partial charge in [0.05, 0.1) is 18.2 Å². The molecule has 0 radical (unpaired) electrons. The highest BCUT2D eigenvalue weighted by atomic mass is 16.5. The number of nitrogens with two attached hydrogens (primary N) is 2. The van der Waals surface area contributed by atoms with Crippen LogP contribution < -0.4 is 26.4 Å². The maximum Gasteiger partial charge on any atom is 0.227 e. The van der Waals surface area contributed by atoms with E-state index in [1.165, 1.54) is 0 Å². The molecule has 4 rings (SSSR count). The smallest absolute Gasteiger partial charge is 0.227 e. The molecule has 1 aromatic rings. The summed E-state index contributed by atoms with van der Waals surface area (Å²) >= 11 is 0. The van der Waals surface area contributed by atoms with Crippen molar-refractivity contribution in [2.45, 2.75) is 76.4 Å². The summed E-state index contributed by atoms with van der Waals surface area (Å²) in [6, 6.07) is 5.81. The Morgan fingerprint density at radius 2 is 1.78 bits per heavy atom. The Labute approximate surface area is 213 Å². The van der Waals surface area contributed by atoms with Crippen LogP contribution in [-0.4, -0.2) is 61.1 Å².